The number of hydrogen-bond donors (Lipinski definition) is 1. The number of likely N-dealkylation sites (N-methyl/N-ethyl adjacent to an activating group) is 2. The van der Waals surface area contributed by atoms with Crippen LogP contribution < -0.4 is 10.6 Å². The van der Waals surface area contributed by atoms with Crippen molar-refractivity contribution < 1.29 is 0 Å². The zero-order valence-corrected chi connectivity index (χ0v) is 12.5. The fourth-order valence-corrected chi connectivity index (χ4v) is 4.97. The molecule has 20 heavy (non-hydrogen) atoms. The lowest BCUT2D eigenvalue weighted by Crippen LogP contribution is -2.49. The van der Waals surface area contributed by atoms with Crippen LogP contribution in [-0.4, -0.2) is 44.7 Å². The van der Waals surface area contributed by atoms with E-state index in [9.17, 15) is 0 Å². The molecule has 108 valence electrons. The molecule has 0 bridgehead atoms. The van der Waals surface area contributed by atoms with Crippen LogP contribution in [0.1, 0.15) is 35.8 Å². The molecule has 4 atom stereocenters. The molecule has 0 spiro atoms. The van der Waals surface area contributed by atoms with E-state index in [1.54, 1.807) is 11.1 Å². The molecule has 4 rings (SSSR count). The van der Waals surface area contributed by atoms with Gasteiger partial charge in [0.1, 0.15) is 0 Å². The van der Waals surface area contributed by atoms with E-state index in [1.807, 2.05) is 0 Å². The summed E-state index contributed by atoms with van der Waals surface area (Å²) in [5, 5.41) is 0. The Labute approximate surface area is 121 Å². The summed E-state index contributed by atoms with van der Waals surface area (Å²) < 4.78 is 0. The average Bonchev–Trinajstić information content (AvgIpc) is 2.78. The van der Waals surface area contributed by atoms with Gasteiger partial charge < -0.3 is 15.5 Å². The molecule has 3 aliphatic rings. The smallest absolute Gasteiger partial charge is 0.0402 e. The molecule has 3 nitrogen and oxygen atoms in total. The van der Waals surface area contributed by atoms with Gasteiger partial charge in [-0.2, -0.15) is 0 Å². The second kappa shape index (κ2) is 4.47. The molecule has 1 saturated heterocycles. The molecule has 1 aromatic rings. The Kier molecular flexibility index (Phi) is 2.83. The first kappa shape index (κ1) is 12.7. The predicted octanol–water partition coefficient (Wildman–Crippen LogP) is 1.99. The van der Waals surface area contributed by atoms with Gasteiger partial charge in [-0.15, -0.1) is 0 Å². The first-order valence-electron chi connectivity index (χ1n) is 7.93. The summed E-state index contributed by atoms with van der Waals surface area (Å²) in [5.74, 6) is 2.09. The third-order valence-corrected chi connectivity index (χ3v) is 5.85. The molecule has 1 fully saturated rings. The topological polar surface area (TPSA) is 32.5 Å². The summed E-state index contributed by atoms with van der Waals surface area (Å²) in [6.07, 6.45) is 2.60. The van der Waals surface area contributed by atoms with Crippen LogP contribution in [0.4, 0.5) is 5.69 Å². The number of nitrogens with two attached hydrogens (primary N) is 1. The normalized spacial score (nSPS) is 35.9. The van der Waals surface area contributed by atoms with Crippen LogP contribution >= 0.6 is 0 Å². The number of benzene rings is 1. The number of anilines is 1. The lowest BCUT2D eigenvalue weighted by Gasteiger charge is -2.47. The molecular formula is C17H25N3. The van der Waals surface area contributed by atoms with Gasteiger partial charge in [0.2, 0.25) is 0 Å². The maximum absolute atomic E-state index is 5.96. The second-order valence-corrected chi connectivity index (χ2v) is 7.04. The van der Waals surface area contributed by atoms with Gasteiger partial charge in [-0.05, 0) is 49.5 Å². The van der Waals surface area contributed by atoms with E-state index in [2.05, 4.69) is 42.1 Å². The van der Waals surface area contributed by atoms with Gasteiger partial charge in [0.05, 0.1) is 0 Å². The quantitative estimate of drug-likeness (QED) is 0.848. The largest absolute Gasteiger partial charge is 0.374 e. The van der Waals surface area contributed by atoms with Crippen molar-refractivity contribution in [1.82, 2.24) is 4.90 Å². The van der Waals surface area contributed by atoms with Crippen LogP contribution in [0, 0.1) is 5.92 Å². The van der Waals surface area contributed by atoms with E-state index in [4.69, 9.17) is 5.73 Å². The maximum atomic E-state index is 5.96. The van der Waals surface area contributed by atoms with E-state index in [0.717, 1.165) is 18.5 Å². The third kappa shape index (κ3) is 1.66. The van der Waals surface area contributed by atoms with Gasteiger partial charge in [0, 0.05) is 43.7 Å². The highest BCUT2D eigenvalue weighted by molar-refractivity contribution is 5.64. The number of hydrogen-bond acceptors (Lipinski definition) is 3. The van der Waals surface area contributed by atoms with Crippen LogP contribution in [0.15, 0.2) is 18.2 Å². The summed E-state index contributed by atoms with van der Waals surface area (Å²) in [7, 11) is 4.54. The Morgan fingerprint density at radius 2 is 2.05 bits per heavy atom. The lowest BCUT2D eigenvalue weighted by atomic mass is 9.68. The molecule has 1 aliphatic carbocycles. The van der Waals surface area contributed by atoms with Crippen LogP contribution in [0.5, 0.6) is 0 Å². The van der Waals surface area contributed by atoms with Crippen LogP contribution in [0.25, 0.3) is 0 Å². The molecule has 2 N–H and O–H groups in total. The van der Waals surface area contributed by atoms with E-state index in [0.29, 0.717) is 11.8 Å². The lowest BCUT2D eigenvalue weighted by molar-refractivity contribution is 0.0984. The number of fused-ring (bicyclic) bond motifs is 2. The number of nitrogens with zero attached hydrogens (tertiary/aromatic N) is 2. The minimum absolute atomic E-state index is 0.660. The molecule has 0 aromatic heterocycles. The highest BCUT2D eigenvalue weighted by atomic mass is 15.2. The van der Waals surface area contributed by atoms with Crippen molar-refractivity contribution in [3.8, 4) is 0 Å². The van der Waals surface area contributed by atoms with Gasteiger partial charge in [-0.3, -0.25) is 0 Å². The highest BCUT2D eigenvalue weighted by Crippen LogP contribution is 2.51. The fraction of sp³-hybridized carbons (Fsp3) is 0.647. The van der Waals surface area contributed by atoms with Crippen molar-refractivity contribution in [3.05, 3.63) is 29.3 Å². The van der Waals surface area contributed by atoms with Crippen LogP contribution in [-0.2, 0) is 0 Å². The van der Waals surface area contributed by atoms with Crippen molar-refractivity contribution in [2.24, 2.45) is 11.7 Å². The molecule has 0 radical (unpaired) electrons. The van der Waals surface area contributed by atoms with Crippen LogP contribution in [0.3, 0.4) is 0 Å². The second-order valence-electron chi connectivity index (χ2n) is 7.04. The van der Waals surface area contributed by atoms with Crippen LogP contribution in [0.2, 0.25) is 0 Å². The van der Waals surface area contributed by atoms with Gasteiger partial charge in [-0.25, -0.2) is 0 Å². The van der Waals surface area contributed by atoms with Gasteiger partial charge in [0.15, 0.2) is 0 Å². The molecule has 2 heterocycles. The van der Waals surface area contributed by atoms with Gasteiger partial charge >= 0.3 is 0 Å². The Balaban J connectivity index is 1.79. The maximum Gasteiger partial charge on any atom is 0.0402 e. The molecule has 0 saturated carbocycles. The number of likely N-dealkylation sites (tertiary alicyclic amines) is 1. The average molecular weight is 271 g/mol. The Morgan fingerprint density at radius 1 is 1.20 bits per heavy atom. The van der Waals surface area contributed by atoms with Gasteiger partial charge in [-0.1, -0.05) is 12.1 Å². The molecule has 1 aromatic carbocycles. The predicted molar refractivity (Wildman–Crippen MR) is 83.4 cm³/mol. The minimum Gasteiger partial charge on any atom is -0.374 e. The minimum atomic E-state index is 0.660. The van der Waals surface area contributed by atoms with E-state index in [-0.39, 0.29) is 0 Å². The summed E-state index contributed by atoms with van der Waals surface area (Å²) >= 11 is 0. The third-order valence-electron chi connectivity index (χ3n) is 5.85. The summed E-state index contributed by atoms with van der Waals surface area (Å²) in [5.41, 5.74) is 10.7. The van der Waals surface area contributed by atoms with Gasteiger partial charge in [0.25, 0.3) is 0 Å². The SMILES string of the molecule is CN1CC2C[C@@H]3[C@H](C[C@@H](CN)CN3C)c3cccc1c32. The van der Waals surface area contributed by atoms with E-state index < -0.39 is 0 Å². The highest BCUT2D eigenvalue weighted by Gasteiger charge is 2.44. The summed E-state index contributed by atoms with van der Waals surface area (Å²) in [6, 6.07) is 7.65. The summed E-state index contributed by atoms with van der Waals surface area (Å²) in [4.78, 5) is 5.03. The van der Waals surface area contributed by atoms with E-state index >= 15 is 0 Å². The first-order chi connectivity index (χ1) is 9.69. The van der Waals surface area contributed by atoms with Crippen molar-refractivity contribution in [1.29, 1.82) is 0 Å². The van der Waals surface area contributed by atoms with E-state index in [1.165, 1.54) is 31.6 Å². The zero-order valence-electron chi connectivity index (χ0n) is 12.5. The number of rotatable bonds is 1. The first-order valence-corrected chi connectivity index (χ1v) is 7.93. The number of piperidine rings is 1. The fourth-order valence-electron chi connectivity index (χ4n) is 4.97. The molecular weight excluding hydrogens is 246 g/mol. The monoisotopic (exact) mass is 271 g/mol. The standard InChI is InChI=1S/C17H25N3/c1-19-9-11(8-18)6-14-13-4-3-5-15-17(13)12(7-16(14)19)10-20(15)2/h3-5,11-12,14,16H,6-10,18H2,1-2H3/t11-,12?,14+,16+/m0/s1. The zero-order chi connectivity index (χ0) is 13.9. The molecule has 0 amide bonds. The Morgan fingerprint density at radius 3 is 2.85 bits per heavy atom. The molecule has 2 aliphatic heterocycles. The Bertz CT molecular complexity index is 527. The van der Waals surface area contributed by atoms with Crippen molar-refractivity contribution in [2.75, 3.05) is 38.6 Å². The Hall–Kier alpha value is -1.06. The van der Waals surface area contributed by atoms with Crippen molar-refractivity contribution >= 4 is 5.69 Å². The van der Waals surface area contributed by atoms with Crippen molar-refractivity contribution in [2.45, 2.75) is 30.7 Å². The molecule has 3 heteroatoms. The molecule has 1 unspecified atom stereocenters. The summed E-state index contributed by atoms with van der Waals surface area (Å²) in [6.45, 7) is 3.20. The van der Waals surface area contributed by atoms with Crippen molar-refractivity contribution in [3.63, 3.8) is 0 Å².